The molecular weight excluding hydrogens is 244 g/mol. The minimum absolute atomic E-state index is 0.385. The van der Waals surface area contributed by atoms with Crippen molar-refractivity contribution in [1.29, 1.82) is 0 Å². The van der Waals surface area contributed by atoms with E-state index < -0.39 is 5.97 Å². The van der Waals surface area contributed by atoms with E-state index in [9.17, 15) is 4.79 Å². The number of hydrogen-bond donors (Lipinski definition) is 1. The van der Waals surface area contributed by atoms with Crippen LogP contribution in [0.2, 0.25) is 5.02 Å². The highest BCUT2D eigenvalue weighted by atomic mass is 35.5. The second-order valence-electron chi connectivity index (χ2n) is 3.14. The molecule has 1 N–H and O–H groups in total. The Morgan fingerprint density at radius 3 is 2.76 bits per heavy atom. The van der Waals surface area contributed by atoms with Crippen molar-refractivity contribution in [3.8, 4) is 11.5 Å². The SMILES string of the molecule is CCOc1c(Cl)cc(C=CC(=O)O)cc1OC. The summed E-state index contributed by atoms with van der Waals surface area (Å²) < 4.78 is 10.5. The largest absolute Gasteiger partial charge is 0.493 e. The van der Waals surface area contributed by atoms with Gasteiger partial charge in [-0.25, -0.2) is 4.79 Å². The van der Waals surface area contributed by atoms with Gasteiger partial charge in [0, 0.05) is 6.08 Å². The first kappa shape index (κ1) is 13.4. The average molecular weight is 257 g/mol. The Kier molecular flexibility index (Phi) is 4.84. The first-order chi connectivity index (χ1) is 8.08. The Morgan fingerprint density at radius 2 is 2.24 bits per heavy atom. The molecule has 0 aliphatic rings. The molecule has 1 aromatic carbocycles. The summed E-state index contributed by atoms with van der Waals surface area (Å²) in [6.07, 6.45) is 2.47. The Hall–Kier alpha value is -1.68. The second-order valence-corrected chi connectivity index (χ2v) is 3.55. The summed E-state index contributed by atoms with van der Waals surface area (Å²) in [5.74, 6) is -0.0810. The third-order valence-corrected chi connectivity index (χ3v) is 2.24. The third kappa shape index (κ3) is 3.67. The molecule has 1 rings (SSSR count). The number of methoxy groups -OCH3 is 1. The van der Waals surface area contributed by atoms with Gasteiger partial charge in [-0.15, -0.1) is 0 Å². The molecule has 0 amide bonds. The van der Waals surface area contributed by atoms with Crippen molar-refractivity contribution in [2.24, 2.45) is 0 Å². The third-order valence-electron chi connectivity index (χ3n) is 1.96. The molecule has 0 spiro atoms. The lowest BCUT2D eigenvalue weighted by atomic mass is 10.2. The predicted octanol–water partition coefficient (Wildman–Crippen LogP) is 2.85. The van der Waals surface area contributed by atoms with Crippen LogP contribution >= 0.6 is 11.6 Å². The molecule has 5 heteroatoms. The van der Waals surface area contributed by atoms with Gasteiger partial charge in [-0.3, -0.25) is 0 Å². The molecule has 4 nitrogen and oxygen atoms in total. The van der Waals surface area contributed by atoms with E-state index in [1.54, 1.807) is 12.1 Å². The Bertz CT molecular complexity index is 440. The van der Waals surface area contributed by atoms with Gasteiger partial charge < -0.3 is 14.6 Å². The highest BCUT2D eigenvalue weighted by Gasteiger charge is 2.10. The lowest BCUT2D eigenvalue weighted by molar-refractivity contribution is -0.131. The smallest absolute Gasteiger partial charge is 0.328 e. The maximum Gasteiger partial charge on any atom is 0.328 e. The molecule has 0 aromatic heterocycles. The van der Waals surface area contributed by atoms with Crippen LogP contribution in [0.5, 0.6) is 11.5 Å². The zero-order valence-electron chi connectivity index (χ0n) is 9.57. The molecule has 17 heavy (non-hydrogen) atoms. The first-order valence-electron chi connectivity index (χ1n) is 4.99. The van der Waals surface area contributed by atoms with Crippen LogP contribution in [0.4, 0.5) is 0 Å². The topological polar surface area (TPSA) is 55.8 Å². The van der Waals surface area contributed by atoms with Crippen molar-refractivity contribution in [3.05, 3.63) is 28.8 Å². The lowest BCUT2D eigenvalue weighted by Crippen LogP contribution is -1.96. The van der Waals surface area contributed by atoms with E-state index in [1.807, 2.05) is 6.92 Å². The summed E-state index contributed by atoms with van der Waals surface area (Å²) in [5.41, 5.74) is 0.637. The average Bonchev–Trinajstić information content (AvgIpc) is 2.29. The van der Waals surface area contributed by atoms with E-state index in [0.717, 1.165) is 6.08 Å². The zero-order chi connectivity index (χ0) is 12.8. The van der Waals surface area contributed by atoms with Crippen molar-refractivity contribution in [1.82, 2.24) is 0 Å². The monoisotopic (exact) mass is 256 g/mol. The van der Waals surface area contributed by atoms with Crippen LogP contribution in [0.1, 0.15) is 12.5 Å². The van der Waals surface area contributed by atoms with Crippen LogP contribution < -0.4 is 9.47 Å². The number of aliphatic carboxylic acids is 1. The van der Waals surface area contributed by atoms with Crippen LogP contribution in [0.15, 0.2) is 18.2 Å². The second kappa shape index (κ2) is 6.15. The summed E-state index contributed by atoms with van der Waals surface area (Å²) in [7, 11) is 1.50. The first-order valence-corrected chi connectivity index (χ1v) is 5.37. The molecule has 0 radical (unpaired) electrons. The molecule has 0 fully saturated rings. The summed E-state index contributed by atoms with van der Waals surface area (Å²) in [6.45, 7) is 2.31. The van der Waals surface area contributed by atoms with E-state index in [4.69, 9.17) is 26.2 Å². The maximum atomic E-state index is 10.4. The highest BCUT2D eigenvalue weighted by Crippen LogP contribution is 2.36. The van der Waals surface area contributed by atoms with Crippen molar-refractivity contribution < 1.29 is 19.4 Å². The van der Waals surface area contributed by atoms with E-state index in [2.05, 4.69) is 0 Å². The molecule has 0 aliphatic heterocycles. The summed E-state index contributed by atoms with van der Waals surface area (Å²) in [5, 5.41) is 8.92. The molecule has 1 aromatic rings. The highest BCUT2D eigenvalue weighted by molar-refractivity contribution is 6.32. The van der Waals surface area contributed by atoms with Gasteiger partial charge in [0.2, 0.25) is 0 Å². The fourth-order valence-corrected chi connectivity index (χ4v) is 1.56. The number of hydrogen-bond acceptors (Lipinski definition) is 3. The predicted molar refractivity (Wildman–Crippen MR) is 65.8 cm³/mol. The molecule has 0 saturated carbocycles. The lowest BCUT2D eigenvalue weighted by Gasteiger charge is -2.11. The van der Waals surface area contributed by atoms with Gasteiger partial charge >= 0.3 is 5.97 Å². The molecular formula is C12H13ClO4. The van der Waals surface area contributed by atoms with Crippen LogP contribution in [0.25, 0.3) is 6.08 Å². The van der Waals surface area contributed by atoms with Crippen molar-refractivity contribution >= 4 is 23.6 Å². The van der Waals surface area contributed by atoms with E-state index >= 15 is 0 Å². The van der Waals surface area contributed by atoms with Gasteiger partial charge in [0.25, 0.3) is 0 Å². The summed E-state index contributed by atoms with van der Waals surface area (Å²) in [4.78, 5) is 10.4. The summed E-state index contributed by atoms with van der Waals surface area (Å²) >= 11 is 6.02. The van der Waals surface area contributed by atoms with Crippen molar-refractivity contribution in [2.75, 3.05) is 13.7 Å². The van der Waals surface area contributed by atoms with Crippen LogP contribution in [-0.2, 0) is 4.79 Å². The number of rotatable bonds is 5. The minimum atomic E-state index is -1.02. The number of benzene rings is 1. The maximum absolute atomic E-state index is 10.4. The summed E-state index contributed by atoms with van der Waals surface area (Å²) in [6, 6.07) is 3.28. The van der Waals surface area contributed by atoms with Crippen LogP contribution in [0, 0.1) is 0 Å². The fraction of sp³-hybridized carbons (Fsp3) is 0.250. The number of halogens is 1. The Morgan fingerprint density at radius 1 is 1.53 bits per heavy atom. The molecule has 0 atom stereocenters. The van der Waals surface area contributed by atoms with Crippen molar-refractivity contribution in [3.63, 3.8) is 0 Å². The number of ether oxygens (including phenoxy) is 2. The molecule has 0 heterocycles. The van der Waals surface area contributed by atoms with E-state index in [0.29, 0.717) is 28.7 Å². The Labute approximate surface area is 104 Å². The normalized spacial score (nSPS) is 10.5. The van der Waals surface area contributed by atoms with E-state index in [1.165, 1.54) is 13.2 Å². The van der Waals surface area contributed by atoms with Crippen molar-refractivity contribution in [2.45, 2.75) is 6.92 Å². The molecule has 0 bridgehead atoms. The fourth-order valence-electron chi connectivity index (χ4n) is 1.29. The Balaban J connectivity index is 3.12. The number of carbonyl (C=O) groups is 1. The molecule has 0 aliphatic carbocycles. The van der Waals surface area contributed by atoms with Crippen LogP contribution in [0.3, 0.4) is 0 Å². The van der Waals surface area contributed by atoms with Gasteiger partial charge in [0.15, 0.2) is 11.5 Å². The number of carboxylic acids is 1. The molecule has 0 saturated heterocycles. The molecule has 0 unspecified atom stereocenters. The standard InChI is InChI=1S/C12H13ClO4/c1-3-17-12-9(13)6-8(4-5-11(14)15)7-10(12)16-2/h4-7H,3H2,1-2H3,(H,14,15). The van der Waals surface area contributed by atoms with E-state index in [-0.39, 0.29) is 0 Å². The molecule has 92 valence electrons. The van der Waals surface area contributed by atoms with Gasteiger partial charge in [0.05, 0.1) is 18.7 Å². The van der Waals surface area contributed by atoms with Crippen LogP contribution in [-0.4, -0.2) is 24.8 Å². The minimum Gasteiger partial charge on any atom is -0.493 e. The van der Waals surface area contributed by atoms with Gasteiger partial charge in [-0.05, 0) is 30.7 Å². The zero-order valence-corrected chi connectivity index (χ0v) is 10.3. The quantitative estimate of drug-likeness (QED) is 0.823. The van der Waals surface area contributed by atoms with Gasteiger partial charge in [-0.2, -0.15) is 0 Å². The van der Waals surface area contributed by atoms with Gasteiger partial charge in [0.1, 0.15) is 0 Å². The van der Waals surface area contributed by atoms with Gasteiger partial charge in [-0.1, -0.05) is 11.6 Å². The number of carboxylic acid groups (broad SMARTS) is 1.